The molecule has 7 aromatic carbocycles. The topological polar surface area (TPSA) is 38.7 Å². The monoisotopic (exact) mass is 747 g/mol. The second kappa shape index (κ2) is 13.5. The predicted molar refractivity (Wildman–Crippen MR) is 210 cm³/mol. The molecule has 0 spiro atoms. The van der Waals surface area contributed by atoms with E-state index in [0.29, 0.717) is 33.5 Å². The lowest BCUT2D eigenvalue weighted by molar-refractivity contribution is -0.143. The highest BCUT2D eigenvalue weighted by Gasteiger charge is 2.37. The summed E-state index contributed by atoms with van der Waals surface area (Å²) in [6.07, 6.45) is -9.93. The first kappa shape index (κ1) is 34.9. The van der Waals surface area contributed by atoms with Crippen molar-refractivity contribution in [3.63, 3.8) is 0 Å². The molecule has 2 aromatic heterocycles. The Bertz CT molecular complexity index is 2880. The summed E-state index contributed by atoms with van der Waals surface area (Å²) in [6, 6.07) is 47.3. The van der Waals surface area contributed by atoms with E-state index in [0.717, 1.165) is 56.2 Å². The van der Waals surface area contributed by atoms with Crippen molar-refractivity contribution in [2.24, 2.45) is 0 Å². The molecule has 0 atom stereocenters. The summed E-state index contributed by atoms with van der Waals surface area (Å²) in [5.41, 5.74) is 5.36. The zero-order chi connectivity index (χ0) is 38.6. The van der Waals surface area contributed by atoms with Gasteiger partial charge in [0.2, 0.25) is 0 Å². The van der Waals surface area contributed by atoms with Crippen LogP contribution in [0.25, 0.3) is 88.7 Å². The molecular formula is C47H27F6N3. The fourth-order valence-corrected chi connectivity index (χ4v) is 7.23. The largest absolute Gasteiger partial charge is 0.416 e. The van der Waals surface area contributed by atoms with Crippen LogP contribution in [0.15, 0.2) is 164 Å². The van der Waals surface area contributed by atoms with E-state index in [1.807, 2.05) is 121 Å². The third-order valence-electron chi connectivity index (χ3n) is 9.87. The van der Waals surface area contributed by atoms with Gasteiger partial charge in [0.25, 0.3) is 0 Å². The third-order valence-corrected chi connectivity index (χ3v) is 9.87. The van der Waals surface area contributed by atoms with E-state index in [1.165, 1.54) is 12.1 Å². The van der Waals surface area contributed by atoms with Crippen molar-refractivity contribution in [2.45, 2.75) is 12.4 Å². The van der Waals surface area contributed by atoms with Gasteiger partial charge < -0.3 is 0 Å². The third kappa shape index (κ3) is 6.30. The molecule has 0 radical (unpaired) electrons. The molecule has 9 rings (SSSR count). The van der Waals surface area contributed by atoms with E-state index in [4.69, 9.17) is 15.0 Å². The van der Waals surface area contributed by atoms with E-state index in [2.05, 4.69) is 0 Å². The summed E-state index contributed by atoms with van der Waals surface area (Å²) >= 11 is 0. The molecule has 9 aromatic rings. The fourth-order valence-electron chi connectivity index (χ4n) is 7.23. The molecular weight excluding hydrogens is 721 g/mol. The molecule has 0 saturated carbocycles. The lowest BCUT2D eigenvalue weighted by Crippen LogP contribution is -2.11. The Morgan fingerprint density at radius 2 is 0.804 bits per heavy atom. The van der Waals surface area contributed by atoms with E-state index in [-0.39, 0.29) is 17.2 Å². The lowest BCUT2D eigenvalue weighted by Gasteiger charge is -2.18. The molecule has 0 aliphatic carbocycles. The van der Waals surface area contributed by atoms with Crippen LogP contribution in [0.1, 0.15) is 11.1 Å². The molecule has 272 valence electrons. The van der Waals surface area contributed by atoms with Crippen LogP contribution in [0.5, 0.6) is 0 Å². The maximum atomic E-state index is 13.7. The summed E-state index contributed by atoms with van der Waals surface area (Å²) in [5.74, 6) is 0. The van der Waals surface area contributed by atoms with Crippen molar-refractivity contribution in [2.75, 3.05) is 0 Å². The van der Waals surface area contributed by atoms with Gasteiger partial charge in [-0.2, -0.15) is 26.3 Å². The van der Waals surface area contributed by atoms with E-state index in [9.17, 15) is 26.3 Å². The molecule has 3 nitrogen and oxygen atoms in total. The molecule has 0 unspecified atom stereocenters. The summed E-state index contributed by atoms with van der Waals surface area (Å²) in [5, 5.41) is 2.40. The first-order valence-corrected chi connectivity index (χ1v) is 17.7. The molecule has 56 heavy (non-hydrogen) atoms. The zero-order valence-corrected chi connectivity index (χ0v) is 29.2. The highest BCUT2D eigenvalue weighted by atomic mass is 19.4. The average Bonchev–Trinajstić information content (AvgIpc) is 3.22. The van der Waals surface area contributed by atoms with Gasteiger partial charge in [-0.3, -0.25) is 0 Å². The van der Waals surface area contributed by atoms with Crippen molar-refractivity contribution in [3.05, 3.63) is 175 Å². The van der Waals surface area contributed by atoms with Crippen LogP contribution in [0.3, 0.4) is 0 Å². The Hall–Kier alpha value is -6.87. The quantitative estimate of drug-likeness (QED) is 0.130. The maximum Gasteiger partial charge on any atom is 0.416 e. The van der Waals surface area contributed by atoms with Crippen molar-refractivity contribution in [3.8, 4) is 56.0 Å². The molecule has 0 amide bonds. The molecule has 9 heteroatoms. The van der Waals surface area contributed by atoms with E-state index in [1.54, 1.807) is 12.1 Å². The Morgan fingerprint density at radius 3 is 1.36 bits per heavy atom. The van der Waals surface area contributed by atoms with Crippen molar-refractivity contribution >= 4 is 32.7 Å². The minimum absolute atomic E-state index is 0.132. The van der Waals surface area contributed by atoms with Gasteiger partial charge in [-0.15, -0.1) is 0 Å². The van der Waals surface area contributed by atoms with Gasteiger partial charge in [0.05, 0.1) is 44.8 Å². The molecule has 0 saturated heterocycles. The number of halogens is 6. The van der Waals surface area contributed by atoms with Crippen LogP contribution in [0, 0.1) is 0 Å². The lowest BCUT2D eigenvalue weighted by atomic mass is 9.92. The van der Waals surface area contributed by atoms with Crippen LogP contribution in [0.2, 0.25) is 0 Å². The predicted octanol–water partition coefficient (Wildman–Crippen LogP) is 13.7. The van der Waals surface area contributed by atoms with Crippen molar-refractivity contribution in [1.29, 1.82) is 0 Å². The van der Waals surface area contributed by atoms with Crippen LogP contribution in [0.4, 0.5) is 26.3 Å². The Balaban J connectivity index is 1.34. The minimum atomic E-state index is -4.96. The smallest absolute Gasteiger partial charge is 0.247 e. The number of pyridine rings is 1. The highest BCUT2D eigenvalue weighted by molar-refractivity contribution is 6.24. The normalized spacial score (nSPS) is 12.1. The molecule has 0 fully saturated rings. The Labute approximate surface area is 316 Å². The summed E-state index contributed by atoms with van der Waals surface area (Å²) < 4.78 is 82.3. The number of hydrogen-bond donors (Lipinski definition) is 0. The number of fused-ring (bicyclic) bond motifs is 5. The number of alkyl halides is 6. The van der Waals surface area contributed by atoms with Gasteiger partial charge in [-0.25, -0.2) is 15.0 Å². The minimum Gasteiger partial charge on any atom is -0.247 e. The van der Waals surface area contributed by atoms with Gasteiger partial charge in [-0.05, 0) is 47.0 Å². The zero-order valence-electron chi connectivity index (χ0n) is 29.2. The fraction of sp³-hybridized carbons (Fsp3) is 0.0426. The van der Waals surface area contributed by atoms with Crippen molar-refractivity contribution < 1.29 is 26.3 Å². The molecule has 0 N–H and O–H groups in total. The van der Waals surface area contributed by atoms with Crippen LogP contribution in [-0.2, 0) is 12.4 Å². The molecule has 0 aliphatic heterocycles. The van der Waals surface area contributed by atoms with Gasteiger partial charge in [-0.1, -0.05) is 133 Å². The Morgan fingerprint density at radius 1 is 0.339 bits per heavy atom. The number of hydrogen-bond acceptors (Lipinski definition) is 3. The Kier molecular flexibility index (Phi) is 8.38. The van der Waals surface area contributed by atoms with Crippen LogP contribution in [-0.4, -0.2) is 15.0 Å². The van der Waals surface area contributed by atoms with Gasteiger partial charge >= 0.3 is 12.4 Å². The highest BCUT2D eigenvalue weighted by Crippen LogP contribution is 2.44. The molecule has 2 heterocycles. The molecule has 0 bridgehead atoms. The first-order valence-electron chi connectivity index (χ1n) is 17.7. The van der Waals surface area contributed by atoms with Gasteiger partial charge in [0.15, 0.2) is 0 Å². The number of aromatic nitrogens is 3. The summed E-state index contributed by atoms with van der Waals surface area (Å²) in [6.45, 7) is 0. The second-order valence-corrected chi connectivity index (χ2v) is 13.4. The average molecular weight is 748 g/mol. The summed E-state index contributed by atoms with van der Waals surface area (Å²) in [7, 11) is 0. The first-order chi connectivity index (χ1) is 27.0. The number of benzene rings is 7. The van der Waals surface area contributed by atoms with Crippen LogP contribution >= 0.6 is 0 Å². The SMILES string of the molecule is FC(F)(F)c1cc(-c2ccc(-c3nc4ccccc4c4c3cc(-c3ccccc3)c3nc(-c5ccccc5)c(-c5ccccc5)nc34)cc2)cc(C(F)(F)F)c1. The summed E-state index contributed by atoms with van der Waals surface area (Å²) in [4.78, 5) is 16.0. The van der Waals surface area contributed by atoms with Gasteiger partial charge in [0.1, 0.15) is 0 Å². The van der Waals surface area contributed by atoms with Gasteiger partial charge in [0, 0.05) is 38.4 Å². The van der Waals surface area contributed by atoms with E-state index >= 15 is 0 Å². The second-order valence-electron chi connectivity index (χ2n) is 13.4. The number of para-hydroxylation sites is 1. The number of rotatable bonds is 5. The van der Waals surface area contributed by atoms with Crippen molar-refractivity contribution in [1.82, 2.24) is 15.0 Å². The molecule has 0 aliphatic rings. The van der Waals surface area contributed by atoms with Crippen LogP contribution < -0.4 is 0 Å². The maximum absolute atomic E-state index is 13.7. The van der Waals surface area contributed by atoms with E-state index < -0.39 is 23.5 Å². The standard InChI is InChI=1S/C47H27F6N3/c48-46(49,50)34-24-33(25-35(26-34)47(51,52)53)28-20-22-32(23-21-28)41-38-27-37(29-12-4-1-5-13-29)44-45(40(38)36-18-10-11-19-39(36)54-41)56-43(31-16-8-3-9-17-31)42(55-44)30-14-6-2-7-15-30/h1-27H. The number of nitrogens with zero attached hydrogens (tertiary/aromatic N) is 3.